The Morgan fingerprint density at radius 2 is 2.11 bits per heavy atom. The first-order valence-electron chi connectivity index (χ1n) is 6.00. The molecule has 1 aromatic carbocycles. The first-order valence-corrected chi connectivity index (χ1v) is 7.44. The largest absolute Gasteiger partial charge is 0.326 e. The highest BCUT2D eigenvalue weighted by Gasteiger charge is 2.24. The molecule has 18 heavy (non-hydrogen) atoms. The maximum absolute atomic E-state index is 12.4. The predicted octanol–water partition coefficient (Wildman–Crippen LogP) is 1.40. The monoisotopic (exact) mass is 266 g/mol. The van der Waals surface area contributed by atoms with Crippen molar-refractivity contribution >= 4 is 10.0 Å². The summed E-state index contributed by atoms with van der Waals surface area (Å²) in [5, 5.41) is 0. The summed E-state index contributed by atoms with van der Waals surface area (Å²) in [6, 6.07) is 5.15. The maximum atomic E-state index is 12.4. The fourth-order valence-corrected chi connectivity index (χ4v) is 3.47. The fraction of sp³-hybridized carbons (Fsp3) is 0.385. The highest BCUT2D eigenvalue weighted by Crippen LogP contribution is 2.20. The van der Waals surface area contributed by atoms with Gasteiger partial charge in [0.1, 0.15) is 0 Å². The van der Waals surface area contributed by atoms with Crippen LogP contribution in [0.25, 0.3) is 0 Å². The predicted molar refractivity (Wildman–Crippen MR) is 71.6 cm³/mol. The Kier molecular flexibility index (Phi) is 3.85. The van der Waals surface area contributed by atoms with Crippen LogP contribution < -0.4 is 5.73 Å². The zero-order valence-corrected chi connectivity index (χ0v) is 11.3. The van der Waals surface area contributed by atoms with Crippen LogP contribution in [-0.2, 0) is 16.6 Å². The Morgan fingerprint density at radius 3 is 2.72 bits per heavy atom. The maximum Gasteiger partial charge on any atom is 0.243 e. The average molecular weight is 266 g/mol. The number of hydrogen-bond acceptors (Lipinski definition) is 3. The Bertz CT molecular complexity index is 564. The lowest BCUT2D eigenvalue weighted by molar-refractivity contribution is 0.437. The van der Waals surface area contributed by atoms with Gasteiger partial charge in [0.25, 0.3) is 0 Å². The van der Waals surface area contributed by atoms with E-state index in [9.17, 15) is 8.42 Å². The van der Waals surface area contributed by atoms with Crippen molar-refractivity contribution in [3.8, 4) is 0 Å². The first-order chi connectivity index (χ1) is 8.55. The summed E-state index contributed by atoms with van der Waals surface area (Å²) in [4.78, 5) is 0.337. The molecule has 5 heteroatoms. The minimum atomic E-state index is -3.38. The molecular formula is C13H18N2O2S. The number of sulfonamides is 1. The van der Waals surface area contributed by atoms with E-state index < -0.39 is 10.0 Å². The van der Waals surface area contributed by atoms with Crippen LogP contribution in [0, 0.1) is 6.92 Å². The number of benzene rings is 1. The van der Waals surface area contributed by atoms with Gasteiger partial charge in [-0.2, -0.15) is 4.31 Å². The summed E-state index contributed by atoms with van der Waals surface area (Å²) in [5.41, 5.74) is 7.52. The molecule has 0 fully saturated rings. The molecule has 0 atom stereocenters. The molecule has 0 spiro atoms. The van der Waals surface area contributed by atoms with Crippen molar-refractivity contribution < 1.29 is 8.42 Å². The van der Waals surface area contributed by atoms with Gasteiger partial charge >= 0.3 is 0 Å². The molecule has 0 saturated heterocycles. The molecule has 98 valence electrons. The van der Waals surface area contributed by atoms with E-state index in [4.69, 9.17) is 5.73 Å². The molecular weight excluding hydrogens is 248 g/mol. The topological polar surface area (TPSA) is 63.4 Å². The van der Waals surface area contributed by atoms with Gasteiger partial charge in [-0.1, -0.05) is 18.2 Å². The molecule has 1 aliphatic heterocycles. The lowest BCUT2D eigenvalue weighted by Crippen LogP contribution is -2.33. The minimum absolute atomic E-state index is 0.337. The third-order valence-electron chi connectivity index (χ3n) is 3.20. The molecule has 0 aromatic heterocycles. The summed E-state index contributed by atoms with van der Waals surface area (Å²) >= 11 is 0. The van der Waals surface area contributed by atoms with E-state index >= 15 is 0 Å². The van der Waals surface area contributed by atoms with Crippen LogP contribution in [-0.4, -0.2) is 25.8 Å². The molecule has 0 radical (unpaired) electrons. The number of rotatable bonds is 3. The molecule has 0 unspecified atom stereocenters. The molecule has 0 aliphatic carbocycles. The fourth-order valence-electron chi connectivity index (χ4n) is 2.02. The number of nitrogens with two attached hydrogens (primary N) is 1. The van der Waals surface area contributed by atoms with E-state index in [0.29, 0.717) is 24.5 Å². The summed E-state index contributed by atoms with van der Waals surface area (Å²) in [6.07, 6.45) is 4.67. The van der Waals surface area contributed by atoms with Gasteiger partial charge in [0.15, 0.2) is 0 Å². The number of aryl methyl sites for hydroxylation is 1. The van der Waals surface area contributed by atoms with E-state index in [0.717, 1.165) is 17.5 Å². The summed E-state index contributed by atoms with van der Waals surface area (Å²) in [6.45, 7) is 3.29. The van der Waals surface area contributed by atoms with E-state index in [1.54, 1.807) is 12.1 Å². The summed E-state index contributed by atoms with van der Waals surface area (Å²) in [7, 11) is -3.38. The van der Waals surface area contributed by atoms with Gasteiger partial charge in [0, 0.05) is 19.6 Å². The quantitative estimate of drug-likeness (QED) is 0.841. The van der Waals surface area contributed by atoms with Gasteiger partial charge in [-0.25, -0.2) is 8.42 Å². The molecule has 0 saturated carbocycles. The van der Waals surface area contributed by atoms with E-state index in [1.807, 2.05) is 25.1 Å². The zero-order valence-electron chi connectivity index (χ0n) is 10.5. The molecule has 2 N–H and O–H groups in total. The molecule has 2 rings (SSSR count). The first kappa shape index (κ1) is 13.3. The molecule has 1 heterocycles. The summed E-state index contributed by atoms with van der Waals surface area (Å²) in [5.74, 6) is 0. The van der Waals surface area contributed by atoms with Crippen LogP contribution in [0.1, 0.15) is 17.5 Å². The second kappa shape index (κ2) is 5.22. The van der Waals surface area contributed by atoms with Crippen LogP contribution in [0.15, 0.2) is 35.2 Å². The minimum Gasteiger partial charge on any atom is -0.326 e. The second-order valence-electron chi connectivity index (χ2n) is 4.42. The van der Waals surface area contributed by atoms with Gasteiger partial charge in [-0.3, -0.25) is 0 Å². The van der Waals surface area contributed by atoms with Crippen molar-refractivity contribution in [1.82, 2.24) is 4.31 Å². The van der Waals surface area contributed by atoms with Gasteiger partial charge in [0.05, 0.1) is 4.90 Å². The van der Waals surface area contributed by atoms with Gasteiger partial charge < -0.3 is 5.73 Å². The SMILES string of the molecule is Cc1ccc(S(=O)(=O)N2CC=CCC2)cc1CN. The molecule has 1 aromatic rings. The smallest absolute Gasteiger partial charge is 0.243 e. The van der Waals surface area contributed by atoms with Crippen molar-refractivity contribution in [2.45, 2.75) is 24.8 Å². The van der Waals surface area contributed by atoms with Gasteiger partial charge in [-0.05, 0) is 36.6 Å². The lowest BCUT2D eigenvalue weighted by atomic mass is 10.1. The third kappa shape index (κ3) is 2.48. The average Bonchev–Trinajstić information content (AvgIpc) is 2.40. The van der Waals surface area contributed by atoms with E-state index in [1.165, 1.54) is 4.31 Å². The molecule has 1 aliphatic rings. The Labute approximate surface area is 108 Å². The number of nitrogens with zero attached hydrogens (tertiary/aromatic N) is 1. The Morgan fingerprint density at radius 1 is 1.33 bits per heavy atom. The molecule has 0 amide bonds. The highest BCUT2D eigenvalue weighted by molar-refractivity contribution is 7.89. The van der Waals surface area contributed by atoms with Crippen LogP contribution in [0.5, 0.6) is 0 Å². The van der Waals surface area contributed by atoms with Crippen molar-refractivity contribution in [3.05, 3.63) is 41.5 Å². The van der Waals surface area contributed by atoms with Crippen molar-refractivity contribution in [2.75, 3.05) is 13.1 Å². The van der Waals surface area contributed by atoms with Gasteiger partial charge in [-0.15, -0.1) is 0 Å². The van der Waals surface area contributed by atoms with Crippen molar-refractivity contribution in [1.29, 1.82) is 0 Å². The van der Waals surface area contributed by atoms with E-state index in [-0.39, 0.29) is 0 Å². The third-order valence-corrected chi connectivity index (χ3v) is 5.06. The van der Waals surface area contributed by atoms with Crippen molar-refractivity contribution in [2.24, 2.45) is 5.73 Å². The Hall–Kier alpha value is -1.17. The second-order valence-corrected chi connectivity index (χ2v) is 6.35. The molecule has 0 bridgehead atoms. The number of hydrogen-bond donors (Lipinski definition) is 1. The van der Waals surface area contributed by atoms with Crippen LogP contribution >= 0.6 is 0 Å². The van der Waals surface area contributed by atoms with Gasteiger partial charge in [0.2, 0.25) is 10.0 Å². The van der Waals surface area contributed by atoms with Crippen LogP contribution in [0.4, 0.5) is 0 Å². The van der Waals surface area contributed by atoms with Crippen LogP contribution in [0.3, 0.4) is 0 Å². The Balaban J connectivity index is 2.38. The summed E-state index contributed by atoms with van der Waals surface area (Å²) < 4.78 is 26.3. The lowest BCUT2D eigenvalue weighted by Gasteiger charge is -2.23. The normalized spacial score (nSPS) is 17.0. The molecule has 4 nitrogen and oxygen atoms in total. The zero-order chi connectivity index (χ0) is 13.2. The highest BCUT2D eigenvalue weighted by atomic mass is 32.2. The van der Waals surface area contributed by atoms with E-state index in [2.05, 4.69) is 0 Å². The standard InChI is InChI=1S/C13H18N2O2S/c1-11-5-6-13(9-12(11)10-14)18(16,17)15-7-3-2-4-8-15/h2-3,5-6,9H,4,7-8,10,14H2,1H3. The van der Waals surface area contributed by atoms with Crippen molar-refractivity contribution in [3.63, 3.8) is 0 Å². The van der Waals surface area contributed by atoms with Crippen LogP contribution in [0.2, 0.25) is 0 Å².